The molecule has 15 heteroatoms. The second kappa shape index (κ2) is 19.3. The molecule has 9 nitrogen and oxygen atoms in total. The number of rotatable bonds is 16. The lowest BCUT2D eigenvalue weighted by molar-refractivity contribution is -0.275. The molecule has 1 amide bonds. The second-order valence-corrected chi connectivity index (χ2v) is 17.4. The van der Waals surface area contributed by atoms with Gasteiger partial charge in [0.15, 0.2) is 5.75 Å². The summed E-state index contributed by atoms with van der Waals surface area (Å²) in [5, 5.41) is 3.93. The number of amides is 1. The Labute approximate surface area is 347 Å². The van der Waals surface area contributed by atoms with Crippen LogP contribution in [0.15, 0.2) is 131 Å². The van der Waals surface area contributed by atoms with Crippen LogP contribution in [0.3, 0.4) is 0 Å². The van der Waals surface area contributed by atoms with Crippen molar-refractivity contribution in [3.05, 3.63) is 137 Å². The molecule has 2 N–H and O–H groups in total. The van der Waals surface area contributed by atoms with Crippen molar-refractivity contribution in [3.8, 4) is 16.9 Å². The number of hydrogen-bond acceptors (Lipinski definition) is 9. The zero-order chi connectivity index (χ0) is 41.3. The minimum absolute atomic E-state index is 0.0287. The first-order chi connectivity index (χ1) is 27.7. The highest BCUT2D eigenvalue weighted by Gasteiger charge is 2.35. The predicted octanol–water partition coefficient (Wildman–Crippen LogP) is 8.87. The molecule has 1 heterocycles. The average molecular weight is 852 g/mol. The molecule has 0 spiro atoms. The second-order valence-electron chi connectivity index (χ2n) is 14.2. The van der Waals surface area contributed by atoms with Crippen LogP contribution < -0.4 is 19.7 Å². The standard InChI is InChI=1S/C43H45ClF3N5O4S2/c1-50(2)23-22-36(30-57-38-9-4-3-5-10-38)48-35-18-21-41(40(28-35)56-43(45,46)47)58(54,55)49-42(53)32-14-19-37(20-15-32)52-26-24-51(25-27-52)29-33-8-6-7-11-39(33)31-12-16-34(44)17-13-31/h3-21,28,36,48H,22-27,29-30H2,1-2H3,(H,49,53)/t36-/m1/s1. The van der Waals surface area contributed by atoms with Crippen molar-refractivity contribution in [2.45, 2.75) is 35.2 Å². The highest BCUT2D eigenvalue weighted by atomic mass is 35.5. The molecule has 1 saturated heterocycles. The summed E-state index contributed by atoms with van der Waals surface area (Å²) in [6, 6.07) is 35.5. The summed E-state index contributed by atoms with van der Waals surface area (Å²) in [7, 11) is -0.946. The number of carbonyl (C=O) groups is 1. The molecule has 0 unspecified atom stereocenters. The topological polar surface area (TPSA) is 94.2 Å². The number of ether oxygens (including phenoxy) is 1. The summed E-state index contributed by atoms with van der Waals surface area (Å²) in [6.07, 6.45) is -4.53. The van der Waals surface area contributed by atoms with E-state index in [-0.39, 0.29) is 17.3 Å². The predicted molar refractivity (Wildman–Crippen MR) is 226 cm³/mol. The lowest BCUT2D eigenvalue weighted by Gasteiger charge is -2.36. The van der Waals surface area contributed by atoms with Gasteiger partial charge in [-0.05, 0) is 104 Å². The number of alkyl halides is 3. The molecular formula is C43H45ClF3N5O4S2. The van der Waals surface area contributed by atoms with Gasteiger partial charge in [-0.25, -0.2) is 13.1 Å². The van der Waals surface area contributed by atoms with Gasteiger partial charge < -0.3 is 19.9 Å². The molecule has 6 rings (SSSR count). The Kier molecular flexibility index (Phi) is 14.3. The number of halogens is 4. The molecule has 0 saturated carbocycles. The first-order valence-corrected chi connectivity index (χ1v) is 21.5. The van der Waals surface area contributed by atoms with E-state index in [1.165, 1.54) is 23.8 Å². The van der Waals surface area contributed by atoms with Gasteiger partial charge in [-0.3, -0.25) is 9.69 Å². The molecule has 58 heavy (non-hydrogen) atoms. The lowest BCUT2D eigenvalue weighted by atomic mass is 9.99. The van der Waals surface area contributed by atoms with Crippen molar-refractivity contribution in [2.75, 3.05) is 62.8 Å². The number of carbonyl (C=O) groups excluding carboxylic acids is 1. The van der Waals surface area contributed by atoms with Crippen LogP contribution in [0.5, 0.6) is 5.75 Å². The molecule has 0 radical (unpaired) electrons. The van der Waals surface area contributed by atoms with Crippen molar-refractivity contribution < 1.29 is 31.1 Å². The van der Waals surface area contributed by atoms with Crippen molar-refractivity contribution in [1.29, 1.82) is 0 Å². The van der Waals surface area contributed by atoms with Crippen LogP contribution in [0.4, 0.5) is 24.5 Å². The van der Waals surface area contributed by atoms with E-state index >= 15 is 0 Å². The van der Waals surface area contributed by atoms with Crippen molar-refractivity contribution in [3.63, 3.8) is 0 Å². The molecule has 0 bridgehead atoms. The minimum atomic E-state index is -5.19. The summed E-state index contributed by atoms with van der Waals surface area (Å²) in [5.41, 5.74) is 4.60. The van der Waals surface area contributed by atoms with Crippen LogP contribution in [0.2, 0.25) is 5.02 Å². The normalized spacial score (nSPS) is 14.3. The van der Waals surface area contributed by atoms with E-state index in [4.69, 9.17) is 11.6 Å². The molecule has 306 valence electrons. The summed E-state index contributed by atoms with van der Waals surface area (Å²) in [6.45, 7) is 4.55. The number of nitrogens with zero attached hydrogens (tertiary/aromatic N) is 3. The van der Waals surface area contributed by atoms with Crippen LogP contribution in [0.1, 0.15) is 22.3 Å². The van der Waals surface area contributed by atoms with Gasteiger partial charge in [0.2, 0.25) is 0 Å². The first kappa shape index (κ1) is 42.9. The van der Waals surface area contributed by atoms with Crippen molar-refractivity contribution >= 4 is 50.7 Å². The fourth-order valence-electron chi connectivity index (χ4n) is 6.62. The van der Waals surface area contributed by atoms with Gasteiger partial charge in [0.25, 0.3) is 15.9 Å². The number of hydrogen-bond donors (Lipinski definition) is 2. The Morgan fingerprint density at radius 2 is 1.55 bits per heavy atom. The maximum Gasteiger partial charge on any atom is 0.573 e. The Hall–Kier alpha value is -4.73. The monoisotopic (exact) mass is 851 g/mol. The number of benzene rings is 5. The molecule has 1 aliphatic rings. The molecule has 0 aliphatic carbocycles. The molecular weight excluding hydrogens is 807 g/mol. The number of thioether (sulfide) groups is 1. The molecule has 0 aromatic heterocycles. The van der Waals surface area contributed by atoms with Crippen molar-refractivity contribution in [2.24, 2.45) is 0 Å². The van der Waals surface area contributed by atoms with Crippen LogP contribution in [-0.4, -0.2) is 89.1 Å². The third-order valence-corrected chi connectivity index (χ3v) is 12.4. The van der Waals surface area contributed by atoms with E-state index in [2.05, 4.69) is 32.0 Å². The van der Waals surface area contributed by atoms with E-state index in [1.54, 1.807) is 23.9 Å². The number of sulfonamides is 1. The first-order valence-electron chi connectivity index (χ1n) is 18.7. The highest BCUT2D eigenvalue weighted by Crippen LogP contribution is 2.34. The third kappa shape index (κ3) is 12.1. The molecule has 5 aromatic rings. The van der Waals surface area contributed by atoms with Gasteiger partial charge in [-0.2, -0.15) is 0 Å². The maximum absolute atomic E-state index is 13.6. The fraction of sp³-hybridized carbons (Fsp3) is 0.279. The summed E-state index contributed by atoms with van der Waals surface area (Å²) in [4.78, 5) is 20.0. The van der Waals surface area contributed by atoms with Gasteiger partial charge >= 0.3 is 6.36 Å². The zero-order valence-electron chi connectivity index (χ0n) is 32.1. The Balaban J connectivity index is 1.09. The minimum Gasteiger partial charge on any atom is -0.404 e. The number of anilines is 2. The third-order valence-electron chi connectivity index (χ3n) is 9.61. The molecule has 1 atom stereocenters. The molecule has 1 aliphatic heterocycles. The smallest absolute Gasteiger partial charge is 0.404 e. The van der Waals surface area contributed by atoms with E-state index in [9.17, 15) is 26.4 Å². The van der Waals surface area contributed by atoms with Gasteiger partial charge in [0, 0.05) is 77.4 Å². The van der Waals surface area contributed by atoms with E-state index < -0.39 is 32.9 Å². The van der Waals surface area contributed by atoms with Crippen LogP contribution in [0, 0.1) is 0 Å². The van der Waals surface area contributed by atoms with E-state index in [1.807, 2.05) is 90.4 Å². The quantitative estimate of drug-likeness (QED) is 0.0945. The van der Waals surface area contributed by atoms with E-state index in [0.717, 1.165) is 66.6 Å². The summed E-state index contributed by atoms with van der Waals surface area (Å²) < 4.78 is 73.9. The fourth-order valence-corrected chi connectivity index (χ4v) is 8.82. The Morgan fingerprint density at radius 3 is 2.22 bits per heavy atom. The van der Waals surface area contributed by atoms with Crippen molar-refractivity contribution in [1.82, 2.24) is 14.5 Å². The number of nitrogens with one attached hydrogen (secondary N) is 2. The lowest BCUT2D eigenvalue weighted by Crippen LogP contribution is -2.46. The van der Waals surface area contributed by atoms with Crippen LogP contribution in [-0.2, 0) is 16.6 Å². The summed E-state index contributed by atoms with van der Waals surface area (Å²) >= 11 is 7.70. The molecule has 1 fully saturated rings. The van der Waals surface area contributed by atoms with Gasteiger partial charge in [0.1, 0.15) is 4.90 Å². The Bertz CT molecular complexity index is 2240. The SMILES string of the molecule is CN(C)CC[C@H](CSc1ccccc1)Nc1ccc(S(=O)(=O)NC(=O)c2ccc(N3CCN(Cc4ccccc4-c4ccc(Cl)cc4)CC3)cc2)c(OC(F)(F)F)c1. The largest absolute Gasteiger partial charge is 0.573 e. The van der Waals surface area contributed by atoms with E-state index in [0.29, 0.717) is 23.7 Å². The van der Waals surface area contributed by atoms with Gasteiger partial charge in [-0.15, -0.1) is 24.9 Å². The number of piperazine rings is 1. The zero-order valence-corrected chi connectivity index (χ0v) is 34.5. The van der Waals surface area contributed by atoms with Gasteiger partial charge in [0.05, 0.1) is 0 Å². The van der Waals surface area contributed by atoms with Crippen LogP contribution in [0.25, 0.3) is 11.1 Å². The maximum atomic E-state index is 13.6. The summed E-state index contributed by atoms with van der Waals surface area (Å²) in [5.74, 6) is -1.35. The molecule has 5 aromatic carbocycles. The highest BCUT2D eigenvalue weighted by molar-refractivity contribution is 7.99. The van der Waals surface area contributed by atoms with Gasteiger partial charge in [-0.1, -0.05) is 66.2 Å². The van der Waals surface area contributed by atoms with Crippen LogP contribution >= 0.6 is 23.4 Å². The average Bonchev–Trinajstić information content (AvgIpc) is 3.19. The Morgan fingerprint density at radius 1 is 0.879 bits per heavy atom.